The van der Waals surface area contributed by atoms with Crippen molar-refractivity contribution in [1.29, 1.82) is 0 Å². The first kappa shape index (κ1) is 21.7. The molecule has 0 saturated carbocycles. The van der Waals surface area contributed by atoms with Crippen molar-refractivity contribution in [3.8, 4) is 0 Å². The number of benzene rings is 2. The minimum atomic E-state index is -3.55. The van der Waals surface area contributed by atoms with Crippen LogP contribution in [0.5, 0.6) is 0 Å². The highest BCUT2D eigenvalue weighted by molar-refractivity contribution is 7.98. The van der Waals surface area contributed by atoms with Gasteiger partial charge in [0.1, 0.15) is 6.54 Å². The van der Waals surface area contributed by atoms with Gasteiger partial charge in [-0.15, -0.1) is 11.8 Å². The summed E-state index contributed by atoms with van der Waals surface area (Å²) >= 11 is 1.54. The standard InChI is InChI=1S/C22H28N2O3S2/c1-28-21-10-6-9-20(16-21)24(29(2,26)27)17-22(25)23-13-11-19(12-14-23)15-18-7-4-3-5-8-18/h3-10,16,19H,11-15,17H2,1-2H3. The SMILES string of the molecule is CSc1cccc(N(CC(=O)N2CCC(Cc3ccccc3)CC2)S(C)(=O)=O)c1. The summed E-state index contributed by atoms with van der Waals surface area (Å²) in [7, 11) is -3.55. The van der Waals surface area contributed by atoms with Crippen molar-refractivity contribution in [1.82, 2.24) is 4.90 Å². The second kappa shape index (κ2) is 9.67. The maximum atomic E-state index is 12.9. The molecule has 29 heavy (non-hydrogen) atoms. The number of thioether (sulfide) groups is 1. The lowest BCUT2D eigenvalue weighted by Gasteiger charge is -2.33. The summed E-state index contributed by atoms with van der Waals surface area (Å²) in [6, 6.07) is 17.7. The molecule has 1 heterocycles. The van der Waals surface area contributed by atoms with Crippen LogP contribution in [0.15, 0.2) is 59.5 Å². The average Bonchev–Trinajstić information content (AvgIpc) is 2.72. The van der Waals surface area contributed by atoms with Crippen LogP contribution < -0.4 is 4.31 Å². The molecule has 156 valence electrons. The maximum Gasteiger partial charge on any atom is 0.243 e. The molecule has 1 fully saturated rings. The molecule has 0 unspecified atom stereocenters. The third-order valence-corrected chi connectivity index (χ3v) is 7.22. The van der Waals surface area contributed by atoms with Crippen LogP contribution in [0.4, 0.5) is 5.69 Å². The molecule has 0 atom stereocenters. The summed E-state index contributed by atoms with van der Waals surface area (Å²) in [5.74, 6) is 0.425. The lowest BCUT2D eigenvalue weighted by atomic mass is 9.90. The van der Waals surface area contributed by atoms with Gasteiger partial charge in [-0.1, -0.05) is 36.4 Å². The Hall–Kier alpha value is -1.99. The number of carbonyl (C=O) groups is 1. The van der Waals surface area contributed by atoms with Crippen molar-refractivity contribution in [3.63, 3.8) is 0 Å². The number of anilines is 1. The topological polar surface area (TPSA) is 57.7 Å². The Bertz CT molecular complexity index is 924. The molecule has 1 amide bonds. The van der Waals surface area contributed by atoms with Gasteiger partial charge in [-0.2, -0.15) is 0 Å². The third kappa shape index (κ3) is 6.00. The highest BCUT2D eigenvalue weighted by atomic mass is 32.2. The van der Waals surface area contributed by atoms with E-state index in [0.717, 1.165) is 30.4 Å². The number of hydrogen-bond acceptors (Lipinski definition) is 4. The fraction of sp³-hybridized carbons (Fsp3) is 0.409. The number of likely N-dealkylation sites (tertiary alicyclic amines) is 1. The van der Waals surface area contributed by atoms with Crippen molar-refractivity contribution in [2.24, 2.45) is 5.92 Å². The molecule has 1 aliphatic rings. The molecular formula is C22H28N2O3S2. The molecule has 2 aromatic carbocycles. The Kier molecular flexibility index (Phi) is 7.24. The number of rotatable bonds is 7. The number of piperidine rings is 1. The van der Waals surface area contributed by atoms with Gasteiger partial charge in [0.15, 0.2) is 0 Å². The van der Waals surface area contributed by atoms with E-state index < -0.39 is 10.0 Å². The maximum absolute atomic E-state index is 12.9. The summed E-state index contributed by atoms with van der Waals surface area (Å²) < 4.78 is 25.9. The predicted octanol–water partition coefficient (Wildman–Crippen LogP) is 3.66. The van der Waals surface area contributed by atoms with Crippen molar-refractivity contribution in [2.75, 3.05) is 36.5 Å². The van der Waals surface area contributed by atoms with Gasteiger partial charge >= 0.3 is 0 Å². The van der Waals surface area contributed by atoms with E-state index in [-0.39, 0.29) is 12.5 Å². The van der Waals surface area contributed by atoms with Crippen LogP contribution in [0.2, 0.25) is 0 Å². The van der Waals surface area contributed by atoms with Crippen LogP contribution in [0.3, 0.4) is 0 Å². The van der Waals surface area contributed by atoms with E-state index in [1.54, 1.807) is 22.7 Å². The Morgan fingerprint density at radius 1 is 1.10 bits per heavy atom. The second-order valence-electron chi connectivity index (χ2n) is 7.48. The molecule has 0 aromatic heterocycles. The fourth-order valence-electron chi connectivity index (χ4n) is 3.72. The molecule has 1 saturated heterocycles. The number of hydrogen-bond donors (Lipinski definition) is 0. The molecular weight excluding hydrogens is 404 g/mol. The highest BCUT2D eigenvalue weighted by Crippen LogP contribution is 2.25. The number of sulfonamides is 1. The van der Waals surface area contributed by atoms with Crippen molar-refractivity contribution in [3.05, 3.63) is 60.2 Å². The van der Waals surface area contributed by atoms with E-state index in [1.807, 2.05) is 30.5 Å². The van der Waals surface area contributed by atoms with Crippen LogP contribution >= 0.6 is 11.8 Å². The van der Waals surface area contributed by atoms with Crippen molar-refractivity contribution in [2.45, 2.75) is 24.2 Å². The summed E-state index contributed by atoms with van der Waals surface area (Å²) in [6.45, 7) is 1.21. The van der Waals surface area contributed by atoms with E-state index in [4.69, 9.17) is 0 Å². The quantitative estimate of drug-likeness (QED) is 0.627. The second-order valence-corrected chi connectivity index (χ2v) is 10.3. The minimum Gasteiger partial charge on any atom is -0.341 e. The zero-order valence-corrected chi connectivity index (χ0v) is 18.6. The molecule has 0 aliphatic carbocycles. The molecule has 5 nitrogen and oxygen atoms in total. The van der Waals surface area contributed by atoms with Gasteiger partial charge < -0.3 is 4.90 Å². The summed E-state index contributed by atoms with van der Waals surface area (Å²) in [6.07, 6.45) is 6.01. The number of carbonyl (C=O) groups excluding carboxylic acids is 1. The molecule has 3 rings (SSSR count). The van der Waals surface area contributed by atoms with Gasteiger partial charge in [0.25, 0.3) is 0 Å². The van der Waals surface area contributed by atoms with Crippen LogP contribution in [0, 0.1) is 5.92 Å². The zero-order valence-electron chi connectivity index (χ0n) is 17.0. The predicted molar refractivity (Wildman–Crippen MR) is 120 cm³/mol. The molecule has 7 heteroatoms. The largest absolute Gasteiger partial charge is 0.341 e. The molecule has 2 aromatic rings. The first-order valence-electron chi connectivity index (χ1n) is 9.80. The molecule has 0 spiro atoms. The normalized spacial score (nSPS) is 15.3. The smallest absolute Gasteiger partial charge is 0.243 e. The van der Waals surface area contributed by atoms with Crippen molar-refractivity contribution < 1.29 is 13.2 Å². The van der Waals surface area contributed by atoms with E-state index >= 15 is 0 Å². The van der Waals surface area contributed by atoms with Gasteiger partial charge in [-0.05, 0) is 55.2 Å². The Morgan fingerprint density at radius 3 is 2.41 bits per heavy atom. The summed E-state index contributed by atoms with van der Waals surface area (Å²) in [5.41, 5.74) is 1.86. The van der Waals surface area contributed by atoms with Crippen molar-refractivity contribution >= 4 is 33.4 Å². The van der Waals surface area contributed by atoms with E-state index in [2.05, 4.69) is 24.3 Å². The minimum absolute atomic E-state index is 0.136. The van der Waals surface area contributed by atoms with E-state index in [9.17, 15) is 13.2 Å². The number of nitrogens with zero attached hydrogens (tertiary/aromatic N) is 2. The Labute approximate surface area is 178 Å². The first-order chi connectivity index (χ1) is 13.9. The third-order valence-electron chi connectivity index (χ3n) is 5.35. The molecule has 0 radical (unpaired) electrons. The Morgan fingerprint density at radius 2 is 1.79 bits per heavy atom. The monoisotopic (exact) mass is 432 g/mol. The lowest BCUT2D eigenvalue weighted by Crippen LogP contribution is -2.46. The van der Waals surface area contributed by atoms with Gasteiger partial charge in [-0.25, -0.2) is 8.42 Å². The van der Waals surface area contributed by atoms with Crippen LogP contribution in [0.25, 0.3) is 0 Å². The molecule has 0 N–H and O–H groups in total. The Balaban J connectivity index is 1.62. The molecule has 0 bridgehead atoms. The van der Waals surface area contributed by atoms with Gasteiger partial charge in [0.05, 0.1) is 11.9 Å². The van der Waals surface area contributed by atoms with Crippen LogP contribution in [-0.2, 0) is 21.2 Å². The van der Waals surface area contributed by atoms with Gasteiger partial charge in [-0.3, -0.25) is 9.10 Å². The first-order valence-corrected chi connectivity index (χ1v) is 12.9. The summed E-state index contributed by atoms with van der Waals surface area (Å²) in [4.78, 5) is 15.6. The average molecular weight is 433 g/mol. The fourth-order valence-corrected chi connectivity index (χ4v) is 5.02. The number of amides is 1. The van der Waals surface area contributed by atoms with E-state index in [0.29, 0.717) is 24.7 Å². The van der Waals surface area contributed by atoms with E-state index in [1.165, 1.54) is 9.87 Å². The van der Waals surface area contributed by atoms with Crippen LogP contribution in [0.1, 0.15) is 18.4 Å². The zero-order chi connectivity index (χ0) is 20.9. The molecule has 1 aliphatic heterocycles. The summed E-state index contributed by atoms with van der Waals surface area (Å²) in [5, 5.41) is 0. The highest BCUT2D eigenvalue weighted by Gasteiger charge is 2.27. The van der Waals surface area contributed by atoms with Gasteiger partial charge in [0.2, 0.25) is 15.9 Å². The lowest BCUT2D eigenvalue weighted by molar-refractivity contribution is -0.130. The van der Waals surface area contributed by atoms with Crippen LogP contribution in [-0.4, -0.2) is 51.4 Å². The van der Waals surface area contributed by atoms with Gasteiger partial charge in [0, 0.05) is 18.0 Å².